The summed E-state index contributed by atoms with van der Waals surface area (Å²) in [6.45, 7) is 10.6. The van der Waals surface area contributed by atoms with Crippen molar-refractivity contribution in [2.75, 3.05) is 49.3 Å². The SMILES string of the molecule is Cc1ccc(Nc2ncc3c(n2)N(C)C(=O)N(c2cc(C(=O)N[C@H](C(=O)N4CCCC4C(=O)NC(C)(C)C(=O)NCC(=O)N(C)C)C(C)C)ccc2C)C3)cn1. The summed E-state index contributed by atoms with van der Waals surface area (Å²) < 4.78 is 0. The second-order valence-electron chi connectivity index (χ2n) is 15.3. The summed E-state index contributed by atoms with van der Waals surface area (Å²) in [6, 6.07) is 6.54. The van der Waals surface area contributed by atoms with Gasteiger partial charge < -0.3 is 31.1 Å². The number of carbonyl (C=O) groups is 6. The third kappa shape index (κ3) is 9.04. The summed E-state index contributed by atoms with van der Waals surface area (Å²) in [5.41, 5.74) is 2.41. The number of hydrogen-bond donors (Lipinski definition) is 4. The fraction of sp³-hybridized carbons (Fsp3) is 0.462. The lowest BCUT2D eigenvalue weighted by Gasteiger charge is -2.35. The average Bonchev–Trinajstić information content (AvgIpc) is 3.65. The Hall–Kier alpha value is -6.13. The number of fused-ring (bicyclic) bond motifs is 1. The van der Waals surface area contributed by atoms with Crippen LogP contribution < -0.4 is 31.1 Å². The highest BCUT2D eigenvalue weighted by Crippen LogP contribution is 2.33. The molecule has 2 aliphatic rings. The van der Waals surface area contributed by atoms with Gasteiger partial charge in [-0.25, -0.2) is 9.78 Å². The van der Waals surface area contributed by atoms with Crippen LogP contribution in [0.15, 0.2) is 42.7 Å². The molecule has 2 atom stereocenters. The van der Waals surface area contributed by atoms with Gasteiger partial charge in [0.2, 0.25) is 29.6 Å². The summed E-state index contributed by atoms with van der Waals surface area (Å²) in [4.78, 5) is 99.1. The van der Waals surface area contributed by atoms with Crippen molar-refractivity contribution in [3.8, 4) is 0 Å². The van der Waals surface area contributed by atoms with Gasteiger partial charge in [-0.15, -0.1) is 0 Å². The first-order valence-electron chi connectivity index (χ1n) is 18.5. The molecule has 3 aromatic rings. The average molecular weight is 770 g/mol. The fourth-order valence-corrected chi connectivity index (χ4v) is 6.47. The van der Waals surface area contributed by atoms with Crippen molar-refractivity contribution >= 4 is 58.7 Å². The molecule has 298 valence electrons. The minimum absolute atomic E-state index is 0.162. The Bertz CT molecular complexity index is 2020. The van der Waals surface area contributed by atoms with Gasteiger partial charge in [0.15, 0.2) is 0 Å². The zero-order valence-electron chi connectivity index (χ0n) is 33.4. The van der Waals surface area contributed by atoms with Gasteiger partial charge in [0, 0.05) is 56.4 Å². The molecule has 1 fully saturated rings. The minimum atomic E-state index is -1.37. The number of aromatic nitrogens is 3. The first kappa shape index (κ1) is 41.0. The van der Waals surface area contributed by atoms with E-state index < -0.39 is 41.3 Å². The largest absolute Gasteiger partial charge is 0.347 e. The number of nitrogens with one attached hydrogen (secondary N) is 4. The Morgan fingerprint density at radius 1 is 1.02 bits per heavy atom. The van der Waals surface area contributed by atoms with Crippen LogP contribution in [-0.4, -0.2) is 112 Å². The summed E-state index contributed by atoms with van der Waals surface area (Å²) in [7, 11) is 4.77. The Balaban J connectivity index is 1.28. The molecule has 1 aromatic carbocycles. The standard InChI is InChI=1S/C39H51N11O6/c1-22(2)31(35(54)49-16-10-11-28(49)34(53)46-39(5,6)36(55)41-20-30(51)47(7)8)44-33(52)25-14-12-23(3)29(17-25)50-21-26-18-42-37(45-32(26)48(9)38(50)56)43-27-15-13-24(4)40-19-27/h12-15,17-19,22,28,31H,10-11,16,20-21H2,1-9H3,(H,41,55)(H,44,52)(H,46,53)(H,42,43,45)/t28?,31-/m0/s1. The van der Waals surface area contributed by atoms with E-state index in [2.05, 4.69) is 36.2 Å². The van der Waals surface area contributed by atoms with Gasteiger partial charge in [-0.3, -0.25) is 38.8 Å². The van der Waals surface area contributed by atoms with Crippen LogP contribution in [0.3, 0.4) is 0 Å². The first-order valence-corrected chi connectivity index (χ1v) is 18.5. The normalized spacial score (nSPS) is 15.9. The molecule has 0 saturated carbocycles. The molecule has 4 heterocycles. The number of rotatable bonds is 12. The lowest BCUT2D eigenvalue weighted by Crippen LogP contribution is -2.60. The number of benzene rings is 1. The minimum Gasteiger partial charge on any atom is -0.347 e. The molecule has 17 nitrogen and oxygen atoms in total. The van der Waals surface area contributed by atoms with E-state index >= 15 is 0 Å². The maximum Gasteiger partial charge on any atom is 0.330 e. The number of urea groups is 1. The molecule has 2 aliphatic heterocycles. The van der Waals surface area contributed by atoms with Gasteiger partial charge in [0.1, 0.15) is 23.4 Å². The van der Waals surface area contributed by atoms with Crippen LogP contribution >= 0.6 is 0 Å². The summed E-state index contributed by atoms with van der Waals surface area (Å²) in [5.74, 6) is -1.88. The molecule has 56 heavy (non-hydrogen) atoms. The van der Waals surface area contributed by atoms with Crippen LogP contribution in [0.1, 0.15) is 67.7 Å². The molecule has 1 unspecified atom stereocenters. The number of amides is 7. The molecule has 0 radical (unpaired) electrons. The molecular formula is C39H51N11O6. The van der Waals surface area contributed by atoms with E-state index in [9.17, 15) is 28.8 Å². The monoisotopic (exact) mass is 769 g/mol. The van der Waals surface area contributed by atoms with Crippen LogP contribution in [0, 0.1) is 19.8 Å². The summed E-state index contributed by atoms with van der Waals surface area (Å²) in [6.07, 6.45) is 4.27. The molecule has 1 saturated heterocycles. The number of likely N-dealkylation sites (tertiary alicyclic amines) is 1. The summed E-state index contributed by atoms with van der Waals surface area (Å²) >= 11 is 0. The van der Waals surface area contributed by atoms with Crippen molar-refractivity contribution in [2.24, 2.45) is 5.92 Å². The van der Waals surface area contributed by atoms with E-state index in [0.29, 0.717) is 48.1 Å². The molecule has 4 N–H and O–H groups in total. The Morgan fingerprint density at radius 2 is 1.75 bits per heavy atom. The van der Waals surface area contributed by atoms with Crippen LogP contribution in [0.2, 0.25) is 0 Å². The van der Waals surface area contributed by atoms with E-state index in [1.807, 2.05) is 26.0 Å². The lowest BCUT2D eigenvalue weighted by atomic mass is 10.00. The fourth-order valence-electron chi connectivity index (χ4n) is 6.47. The second kappa shape index (κ2) is 16.7. The Labute approximate surface area is 326 Å². The maximum atomic E-state index is 14.0. The molecule has 2 aromatic heterocycles. The summed E-state index contributed by atoms with van der Waals surface area (Å²) in [5, 5.41) is 11.3. The molecule has 7 amide bonds. The highest BCUT2D eigenvalue weighted by Gasteiger charge is 2.41. The molecule has 17 heteroatoms. The van der Waals surface area contributed by atoms with Crippen molar-refractivity contribution < 1.29 is 28.8 Å². The second-order valence-corrected chi connectivity index (χ2v) is 15.3. The quantitative estimate of drug-likeness (QED) is 0.212. The van der Waals surface area contributed by atoms with Gasteiger partial charge in [-0.2, -0.15) is 4.98 Å². The smallest absolute Gasteiger partial charge is 0.330 e. The van der Waals surface area contributed by atoms with Crippen molar-refractivity contribution in [3.05, 3.63) is 65.1 Å². The zero-order valence-corrected chi connectivity index (χ0v) is 33.4. The van der Waals surface area contributed by atoms with E-state index in [1.165, 1.54) is 28.5 Å². The predicted molar refractivity (Wildman–Crippen MR) is 210 cm³/mol. The van der Waals surface area contributed by atoms with Crippen molar-refractivity contribution in [1.29, 1.82) is 0 Å². The van der Waals surface area contributed by atoms with Gasteiger partial charge >= 0.3 is 6.03 Å². The van der Waals surface area contributed by atoms with E-state index in [4.69, 9.17) is 0 Å². The van der Waals surface area contributed by atoms with Crippen LogP contribution in [0.25, 0.3) is 0 Å². The third-order valence-corrected chi connectivity index (χ3v) is 9.90. The Morgan fingerprint density at radius 3 is 2.41 bits per heavy atom. The van der Waals surface area contributed by atoms with Gasteiger partial charge in [-0.05, 0) is 76.3 Å². The number of carbonyl (C=O) groups excluding carboxylic acids is 6. The van der Waals surface area contributed by atoms with Crippen molar-refractivity contribution in [3.63, 3.8) is 0 Å². The van der Waals surface area contributed by atoms with Gasteiger partial charge in [0.25, 0.3) is 5.91 Å². The first-order chi connectivity index (χ1) is 26.4. The number of aryl methyl sites for hydroxylation is 2. The van der Waals surface area contributed by atoms with Gasteiger partial charge in [-0.1, -0.05) is 19.9 Å². The highest BCUT2D eigenvalue weighted by atomic mass is 16.2. The molecule has 5 rings (SSSR count). The van der Waals surface area contributed by atoms with Crippen molar-refractivity contribution in [2.45, 2.75) is 78.6 Å². The van der Waals surface area contributed by atoms with E-state index in [-0.39, 0.29) is 36.5 Å². The van der Waals surface area contributed by atoms with Crippen LogP contribution in [-0.2, 0) is 25.7 Å². The number of pyridine rings is 1. The highest BCUT2D eigenvalue weighted by molar-refractivity contribution is 6.07. The maximum absolute atomic E-state index is 14.0. The molecule has 0 aliphatic carbocycles. The van der Waals surface area contributed by atoms with Gasteiger partial charge in [0.05, 0.1) is 25.0 Å². The predicted octanol–water partition coefficient (Wildman–Crippen LogP) is 2.65. The Kier molecular flexibility index (Phi) is 12.2. The zero-order chi connectivity index (χ0) is 41.1. The number of nitrogens with zero attached hydrogens (tertiary/aromatic N) is 7. The number of hydrogen-bond acceptors (Lipinski definition) is 10. The third-order valence-electron chi connectivity index (χ3n) is 9.90. The van der Waals surface area contributed by atoms with Crippen LogP contribution in [0.5, 0.6) is 0 Å². The number of likely N-dealkylation sites (N-methyl/N-ethyl adjacent to an activating group) is 1. The molecule has 0 bridgehead atoms. The molecular weight excluding hydrogens is 718 g/mol. The number of anilines is 4. The lowest BCUT2D eigenvalue weighted by molar-refractivity contribution is -0.142. The van der Waals surface area contributed by atoms with Crippen molar-refractivity contribution in [1.82, 2.24) is 40.7 Å². The van der Waals surface area contributed by atoms with E-state index in [0.717, 1.165) is 11.3 Å². The van der Waals surface area contributed by atoms with Crippen LogP contribution in [0.4, 0.5) is 27.9 Å². The van der Waals surface area contributed by atoms with E-state index in [1.54, 1.807) is 70.5 Å². The molecule has 0 spiro atoms. The topological polar surface area (TPSA) is 202 Å².